The van der Waals surface area contributed by atoms with Crippen LogP contribution in [-0.2, 0) is 0 Å². The number of anilines is 2. The maximum atomic E-state index is 6.04. The number of hydrogen-bond donors (Lipinski definition) is 2. The Labute approximate surface area is 161 Å². The van der Waals surface area contributed by atoms with Crippen molar-refractivity contribution in [2.45, 2.75) is 31.3 Å². The molecular formula is C20H19N7O. The zero-order valence-corrected chi connectivity index (χ0v) is 15.1. The minimum absolute atomic E-state index is 0.200. The third-order valence-electron chi connectivity index (χ3n) is 5.01. The summed E-state index contributed by atoms with van der Waals surface area (Å²) < 4.78 is 6.04. The van der Waals surface area contributed by atoms with Gasteiger partial charge in [-0.1, -0.05) is 0 Å². The average molecular weight is 373 g/mol. The molecule has 1 saturated carbocycles. The highest BCUT2D eigenvalue weighted by Crippen LogP contribution is 2.36. The van der Waals surface area contributed by atoms with Crippen LogP contribution in [0.3, 0.4) is 0 Å². The van der Waals surface area contributed by atoms with Gasteiger partial charge in [-0.3, -0.25) is 10.1 Å². The summed E-state index contributed by atoms with van der Waals surface area (Å²) in [4.78, 5) is 16.9. The number of pyridine rings is 2. The predicted molar refractivity (Wildman–Crippen MR) is 104 cm³/mol. The van der Waals surface area contributed by atoms with E-state index in [-0.39, 0.29) is 6.10 Å². The maximum absolute atomic E-state index is 6.04. The molecule has 0 radical (unpaired) electrons. The number of nitrogens with one attached hydrogen (secondary N) is 2. The Morgan fingerprint density at radius 2 is 2.04 bits per heavy atom. The van der Waals surface area contributed by atoms with Gasteiger partial charge in [-0.2, -0.15) is 5.10 Å². The first-order chi connectivity index (χ1) is 13.8. The van der Waals surface area contributed by atoms with Gasteiger partial charge in [-0.25, -0.2) is 15.0 Å². The van der Waals surface area contributed by atoms with E-state index in [0.717, 1.165) is 41.9 Å². The molecule has 140 valence electrons. The summed E-state index contributed by atoms with van der Waals surface area (Å²) >= 11 is 0. The SMILES string of the molecule is c1cncc(O[C@H]2CC[C@@H](c3cc(Nc4ncnc5ncccc45)n[nH]3)C2)c1. The van der Waals surface area contributed by atoms with Crippen molar-refractivity contribution in [3.05, 3.63) is 60.9 Å². The molecule has 4 heterocycles. The van der Waals surface area contributed by atoms with Crippen LogP contribution in [0, 0.1) is 0 Å². The molecule has 0 saturated heterocycles. The molecule has 28 heavy (non-hydrogen) atoms. The lowest BCUT2D eigenvalue weighted by molar-refractivity contribution is 0.207. The van der Waals surface area contributed by atoms with Crippen molar-refractivity contribution in [3.63, 3.8) is 0 Å². The summed E-state index contributed by atoms with van der Waals surface area (Å²) in [5.41, 5.74) is 1.76. The highest BCUT2D eigenvalue weighted by atomic mass is 16.5. The molecule has 2 atom stereocenters. The van der Waals surface area contributed by atoms with Crippen LogP contribution in [0.25, 0.3) is 11.0 Å². The van der Waals surface area contributed by atoms with Crippen molar-refractivity contribution < 1.29 is 4.74 Å². The van der Waals surface area contributed by atoms with Crippen LogP contribution >= 0.6 is 0 Å². The second kappa shape index (κ2) is 7.22. The van der Waals surface area contributed by atoms with Crippen molar-refractivity contribution in [2.24, 2.45) is 0 Å². The van der Waals surface area contributed by atoms with Crippen LogP contribution in [0.5, 0.6) is 5.75 Å². The quantitative estimate of drug-likeness (QED) is 0.551. The van der Waals surface area contributed by atoms with Gasteiger partial charge in [0.1, 0.15) is 17.9 Å². The van der Waals surface area contributed by atoms with Crippen LogP contribution in [-0.4, -0.2) is 36.2 Å². The largest absolute Gasteiger partial charge is 0.489 e. The third-order valence-corrected chi connectivity index (χ3v) is 5.01. The van der Waals surface area contributed by atoms with E-state index < -0.39 is 0 Å². The lowest BCUT2D eigenvalue weighted by Gasteiger charge is -2.13. The molecule has 0 amide bonds. The Morgan fingerprint density at radius 1 is 1.07 bits per heavy atom. The Balaban J connectivity index is 1.27. The molecule has 1 aliphatic carbocycles. The van der Waals surface area contributed by atoms with Gasteiger partial charge in [0.2, 0.25) is 0 Å². The average Bonchev–Trinajstić information content (AvgIpc) is 3.39. The lowest BCUT2D eigenvalue weighted by Crippen LogP contribution is -2.12. The fourth-order valence-corrected chi connectivity index (χ4v) is 3.67. The molecule has 5 rings (SSSR count). The molecule has 0 unspecified atom stereocenters. The second-order valence-electron chi connectivity index (χ2n) is 6.87. The summed E-state index contributed by atoms with van der Waals surface area (Å²) in [6.45, 7) is 0. The first-order valence-corrected chi connectivity index (χ1v) is 9.30. The van der Waals surface area contributed by atoms with E-state index in [1.807, 2.05) is 30.3 Å². The number of nitrogens with zero attached hydrogens (tertiary/aromatic N) is 5. The highest BCUT2D eigenvalue weighted by Gasteiger charge is 2.28. The number of aromatic nitrogens is 6. The summed E-state index contributed by atoms with van der Waals surface area (Å²) in [5, 5.41) is 11.7. The molecule has 0 aromatic carbocycles. The van der Waals surface area contributed by atoms with Gasteiger partial charge in [0.15, 0.2) is 11.5 Å². The molecule has 1 aliphatic rings. The first kappa shape index (κ1) is 16.6. The van der Waals surface area contributed by atoms with Crippen LogP contribution in [0.15, 0.2) is 55.2 Å². The molecular weight excluding hydrogens is 354 g/mol. The summed E-state index contributed by atoms with van der Waals surface area (Å²) in [7, 11) is 0. The Hall–Kier alpha value is -3.55. The molecule has 8 heteroatoms. The topological polar surface area (TPSA) is 102 Å². The van der Waals surface area contributed by atoms with Gasteiger partial charge in [0, 0.05) is 30.1 Å². The fourth-order valence-electron chi connectivity index (χ4n) is 3.67. The molecule has 2 N–H and O–H groups in total. The van der Waals surface area contributed by atoms with E-state index in [9.17, 15) is 0 Å². The number of rotatable bonds is 5. The van der Waals surface area contributed by atoms with Crippen molar-refractivity contribution in [1.82, 2.24) is 30.1 Å². The number of ether oxygens (including phenoxy) is 1. The summed E-state index contributed by atoms with van der Waals surface area (Å²) in [6, 6.07) is 9.69. The Kier molecular flexibility index (Phi) is 4.29. The standard InChI is InChI=1S/C20H19N7O/c1-3-15(11-21-7-1)28-14-6-5-13(9-14)17-10-18(27-26-17)25-20-16-4-2-8-22-19(16)23-12-24-20/h1-4,7-8,10-14H,5-6,9H2,(H2,22,23,24,25,26,27)/t13-,14+/m1/s1. The molecule has 0 aliphatic heterocycles. The number of aromatic amines is 1. The van der Waals surface area contributed by atoms with E-state index >= 15 is 0 Å². The van der Waals surface area contributed by atoms with Crippen LogP contribution in [0.4, 0.5) is 11.6 Å². The Morgan fingerprint density at radius 3 is 2.96 bits per heavy atom. The monoisotopic (exact) mass is 373 g/mol. The van der Waals surface area contributed by atoms with Crippen molar-refractivity contribution in [1.29, 1.82) is 0 Å². The van der Waals surface area contributed by atoms with Gasteiger partial charge in [-0.15, -0.1) is 0 Å². The molecule has 4 aromatic rings. The number of hydrogen-bond acceptors (Lipinski definition) is 7. The summed E-state index contributed by atoms with van der Waals surface area (Å²) in [5.74, 6) is 2.65. The smallest absolute Gasteiger partial charge is 0.164 e. The van der Waals surface area contributed by atoms with Crippen LogP contribution in [0.1, 0.15) is 30.9 Å². The zero-order valence-electron chi connectivity index (χ0n) is 15.1. The van der Waals surface area contributed by atoms with Gasteiger partial charge >= 0.3 is 0 Å². The van der Waals surface area contributed by atoms with Crippen molar-refractivity contribution in [3.8, 4) is 5.75 Å². The van der Waals surface area contributed by atoms with Crippen LogP contribution < -0.4 is 10.1 Å². The molecule has 8 nitrogen and oxygen atoms in total. The van der Waals surface area contributed by atoms with E-state index in [1.165, 1.54) is 6.33 Å². The zero-order chi connectivity index (χ0) is 18.8. The highest BCUT2D eigenvalue weighted by molar-refractivity contribution is 5.87. The lowest BCUT2D eigenvalue weighted by atomic mass is 10.0. The number of H-pyrrole nitrogens is 1. The van der Waals surface area contributed by atoms with Gasteiger partial charge < -0.3 is 10.1 Å². The molecule has 0 bridgehead atoms. The second-order valence-corrected chi connectivity index (χ2v) is 6.87. The third kappa shape index (κ3) is 3.36. The van der Waals surface area contributed by atoms with Gasteiger partial charge in [0.25, 0.3) is 0 Å². The van der Waals surface area contributed by atoms with Crippen molar-refractivity contribution >= 4 is 22.7 Å². The minimum atomic E-state index is 0.200. The van der Waals surface area contributed by atoms with E-state index in [4.69, 9.17) is 4.74 Å². The minimum Gasteiger partial charge on any atom is -0.489 e. The first-order valence-electron chi connectivity index (χ1n) is 9.30. The van der Waals surface area contributed by atoms with E-state index in [1.54, 1.807) is 18.6 Å². The predicted octanol–water partition coefficient (Wildman–Crippen LogP) is 3.60. The normalized spacial score (nSPS) is 19.0. The molecule has 1 fully saturated rings. The Bertz CT molecular complexity index is 1080. The van der Waals surface area contributed by atoms with Gasteiger partial charge in [-0.05, 0) is 43.5 Å². The van der Waals surface area contributed by atoms with E-state index in [0.29, 0.717) is 17.4 Å². The maximum Gasteiger partial charge on any atom is 0.164 e. The van der Waals surface area contributed by atoms with Gasteiger partial charge in [0.05, 0.1) is 17.7 Å². The summed E-state index contributed by atoms with van der Waals surface area (Å²) in [6.07, 6.45) is 9.96. The molecule has 0 spiro atoms. The van der Waals surface area contributed by atoms with Crippen LogP contribution in [0.2, 0.25) is 0 Å². The fraction of sp³-hybridized carbons (Fsp3) is 0.250. The van der Waals surface area contributed by atoms with Crippen molar-refractivity contribution in [2.75, 3.05) is 5.32 Å². The van der Waals surface area contributed by atoms with E-state index in [2.05, 4.69) is 35.5 Å². The number of fused-ring (bicyclic) bond motifs is 1. The molecule has 4 aromatic heterocycles.